The predicted molar refractivity (Wildman–Crippen MR) is 63.7 cm³/mol. The summed E-state index contributed by atoms with van der Waals surface area (Å²) >= 11 is 0. The third-order valence-corrected chi connectivity index (χ3v) is 3.26. The minimum Gasteiger partial charge on any atom is -0.507 e. The summed E-state index contributed by atoms with van der Waals surface area (Å²) < 4.78 is 22.7. The van der Waals surface area contributed by atoms with E-state index < -0.39 is 20.8 Å². The van der Waals surface area contributed by atoms with E-state index >= 15 is 0 Å². The Hall–Kier alpha value is -2.20. The lowest BCUT2D eigenvalue weighted by Gasteiger charge is -1.95. The maximum Gasteiger partial charge on any atom is 0.324 e. The molecule has 0 atom stereocenters. The second kappa shape index (κ2) is 4.82. The summed E-state index contributed by atoms with van der Waals surface area (Å²) in [5, 5.41) is 21.8. The van der Waals surface area contributed by atoms with Gasteiger partial charge in [-0.3, -0.25) is 4.79 Å². The Balaban J connectivity index is 2.27. The van der Waals surface area contributed by atoms with Crippen molar-refractivity contribution in [2.75, 3.05) is 0 Å². The molecule has 0 spiro atoms. The average molecular weight is 304 g/mol. The van der Waals surface area contributed by atoms with Gasteiger partial charge in [0, 0.05) is 34.7 Å². The second-order valence-corrected chi connectivity index (χ2v) is 5.72. The van der Waals surface area contributed by atoms with Gasteiger partial charge in [0.1, 0.15) is 5.76 Å². The van der Waals surface area contributed by atoms with Crippen LogP contribution in [0, 0.1) is 0 Å². The zero-order valence-electron chi connectivity index (χ0n) is 9.06. The van der Waals surface area contributed by atoms with Gasteiger partial charge in [-0.2, -0.15) is 13.6 Å². The first-order valence-electron chi connectivity index (χ1n) is 4.70. The molecule has 9 nitrogen and oxygen atoms in total. The minimum atomic E-state index is -3.96. The van der Waals surface area contributed by atoms with Crippen molar-refractivity contribution in [2.45, 2.75) is 0 Å². The topological polar surface area (TPSA) is 131 Å². The molecule has 100 valence electrons. The number of carbonyl (C=O) groups is 1. The summed E-state index contributed by atoms with van der Waals surface area (Å²) in [6.07, 6.45) is 3.02. The maximum atomic E-state index is 11.5. The third-order valence-electron chi connectivity index (χ3n) is 2.05. The SMILES string of the molecule is O=C(C=C(O)c1ccn(S(=O)(=O)Cl)c1)c1nn[nH]n1. The number of hydrogen-bond donors (Lipinski definition) is 2. The zero-order chi connectivity index (χ0) is 14.0. The van der Waals surface area contributed by atoms with Crippen LogP contribution in [0.3, 0.4) is 0 Å². The van der Waals surface area contributed by atoms with E-state index in [0.29, 0.717) is 3.97 Å². The predicted octanol–water partition coefficient (Wildman–Crippen LogP) is 0.115. The molecule has 2 N–H and O–H groups in total. The largest absolute Gasteiger partial charge is 0.507 e. The molecule has 0 unspecified atom stereocenters. The number of aliphatic hydroxyl groups is 1. The van der Waals surface area contributed by atoms with Crippen LogP contribution in [-0.2, 0) is 9.24 Å². The first kappa shape index (κ1) is 13.2. The highest BCUT2D eigenvalue weighted by Crippen LogP contribution is 2.15. The van der Waals surface area contributed by atoms with Crippen LogP contribution in [-0.4, -0.2) is 43.9 Å². The number of H-pyrrole nitrogens is 1. The minimum absolute atomic E-state index is 0.0982. The average Bonchev–Trinajstić information content (AvgIpc) is 3.00. The number of nitrogens with zero attached hydrogens (tertiary/aromatic N) is 4. The molecule has 19 heavy (non-hydrogen) atoms. The van der Waals surface area contributed by atoms with Crippen molar-refractivity contribution < 1.29 is 18.3 Å². The zero-order valence-corrected chi connectivity index (χ0v) is 10.6. The number of allylic oxidation sites excluding steroid dienone is 1. The van der Waals surface area contributed by atoms with Crippen LogP contribution in [0.2, 0.25) is 0 Å². The highest BCUT2D eigenvalue weighted by atomic mass is 35.7. The molecule has 11 heteroatoms. The summed E-state index contributed by atoms with van der Waals surface area (Å²) in [7, 11) is 1.14. The lowest BCUT2D eigenvalue weighted by molar-refractivity contribution is 0.103. The summed E-state index contributed by atoms with van der Waals surface area (Å²) in [6, 6.07) is 1.27. The van der Waals surface area contributed by atoms with Crippen LogP contribution in [0.5, 0.6) is 0 Å². The monoisotopic (exact) mass is 303 g/mol. The normalized spacial score (nSPS) is 12.6. The summed E-state index contributed by atoms with van der Waals surface area (Å²) in [4.78, 5) is 11.5. The number of ketones is 1. The number of rotatable bonds is 4. The van der Waals surface area contributed by atoms with Gasteiger partial charge >= 0.3 is 9.24 Å². The number of aromatic nitrogens is 5. The molecule has 0 aliphatic rings. The van der Waals surface area contributed by atoms with Crippen LogP contribution >= 0.6 is 10.7 Å². The summed E-state index contributed by atoms with van der Waals surface area (Å²) in [5.41, 5.74) is 0.0982. The molecule has 2 aromatic heterocycles. The molecule has 0 radical (unpaired) electrons. The van der Waals surface area contributed by atoms with E-state index in [1.54, 1.807) is 0 Å². The van der Waals surface area contributed by atoms with Gasteiger partial charge in [0.05, 0.1) is 0 Å². The number of aliphatic hydroxyl groups excluding tert-OH is 1. The molecule has 2 heterocycles. The van der Waals surface area contributed by atoms with E-state index in [1.165, 1.54) is 6.07 Å². The molecule has 0 fully saturated rings. The Kier molecular flexibility index (Phi) is 3.36. The van der Waals surface area contributed by atoms with Crippen molar-refractivity contribution >= 4 is 31.5 Å². The van der Waals surface area contributed by atoms with Crippen LogP contribution in [0.4, 0.5) is 0 Å². The van der Waals surface area contributed by atoms with E-state index in [9.17, 15) is 18.3 Å². The van der Waals surface area contributed by atoms with E-state index in [-0.39, 0.29) is 11.4 Å². The highest BCUT2D eigenvalue weighted by molar-refractivity contribution is 8.12. The fourth-order valence-electron chi connectivity index (χ4n) is 1.20. The molecule has 0 saturated heterocycles. The van der Waals surface area contributed by atoms with E-state index in [0.717, 1.165) is 18.5 Å². The van der Waals surface area contributed by atoms with E-state index in [2.05, 4.69) is 20.6 Å². The molecule has 2 aromatic rings. The Bertz CT molecular complexity index is 733. The van der Waals surface area contributed by atoms with Gasteiger partial charge in [0.2, 0.25) is 11.6 Å². The van der Waals surface area contributed by atoms with Crippen LogP contribution < -0.4 is 0 Å². The number of aromatic amines is 1. The molecule has 0 aromatic carbocycles. The van der Waals surface area contributed by atoms with Crippen molar-refractivity contribution in [3.63, 3.8) is 0 Å². The molecule has 0 saturated carbocycles. The second-order valence-electron chi connectivity index (χ2n) is 3.30. The summed E-state index contributed by atoms with van der Waals surface area (Å²) in [5.74, 6) is -1.36. The van der Waals surface area contributed by atoms with Crippen LogP contribution in [0.1, 0.15) is 16.2 Å². The molecular weight excluding hydrogens is 298 g/mol. The van der Waals surface area contributed by atoms with Crippen molar-refractivity contribution in [3.05, 3.63) is 35.9 Å². The maximum absolute atomic E-state index is 11.5. The molecular formula is C8H6ClN5O4S. The number of halogens is 1. The summed E-state index contributed by atoms with van der Waals surface area (Å²) in [6.45, 7) is 0. The lowest BCUT2D eigenvalue weighted by Crippen LogP contribution is -2.01. The smallest absolute Gasteiger partial charge is 0.324 e. The first-order chi connectivity index (χ1) is 8.88. The number of hydrogen-bond acceptors (Lipinski definition) is 7. The third kappa shape index (κ3) is 2.98. The van der Waals surface area contributed by atoms with Gasteiger partial charge in [-0.25, -0.2) is 3.97 Å². The van der Waals surface area contributed by atoms with Crippen molar-refractivity contribution in [1.82, 2.24) is 24.6 Å². The fraction of sp³-hybridized carbons (Fsp3) is 0. The van der Waals surface area contributed by atoms with Gasteiger partial charge in [0.25, 0.3) is 0 Å². The van der Waals surface area contributed by atoms with Crippen molar-refractivity contribution in [2.24, 2.45) is 0 Å². The molecule has 0 aliphatic heterocycles. The Morgan fingerprint density at radius 1 is 1.53 bits per heavy atom. The molecule has 0 bridgehead atoms. The van der Waals surface area contributed by atoms with Gasteiger partial charge < -0.3 is 5.11 Å². The standard InChI is InChI=1S/C8H6ClN5O4S/c9-19(17,18)14-2-1-5(4-14)6(15)3-7(16)8-10-12-13-11-8/h1-4,15H,(H,10,11,12,13). The van der Waals surface area contributed by atoms with Crippen molar-refractivity contribution in [1.29, 1.82) is 0 Å². The van der Waals surface area contributed by atoms with Gasteiger partial charge in [-0.15, -0.1) is 10.2 Å². The van der Waals surface area contributed by atoms with E-state index in [4.69, 9.17) is 10.7 Å². The quantitative estimate of drug-likeness (QED) is 0.355. The molecule has 0 aliphatic carbocycles. The first-order valence-corrected chi connectivity index (χ1v) is 6.96. The molecule has 2 rings (SSSR count). The van der Waals surface area contributed by atoms with Crippen LogP contribution in [0.15, 0.2) is 24.5 Å². The number of tetrazole rings is 1. The number of carbonyl (C=O) groups excluding carboxylic acids is 1. The Morgan fingerprint density at radius 3 is 2.79 bits per heavy atom. The van der Waals surface area contributed by atoms with Gasteiger partial charge in [-0.1, -0.05) is 0 Å². The highest BCUT2D eigenvalue weighted by Gasteiger charge is 2.13. The number of nitrogens with one attached hydrogen (secondary N) is 1. The fourth-order valence-corrected chi connectivity index (χ4v) is 1.91. The van der Waals surface area contributed by atoms with Crippen molar-refractivity contribution in [3.8, 4) is 0 Å². The van der Waals surface area contributed by atoms with Crippen LogP contribution in [0.25, 0.3) is 5.76 Å². The van der Waals surface area contributed by atoms with E-state index in [1.807, 2.05) is 0 Å². The molecule has 0 amide bonds. The van der Waals surface area contributed by atoms with Gasteiger partial charge in [0.15, 0.2) is 0 Å². The lowest BCUT2D eigenvalue weighted by atomic mass is 10.2. The van der Waals surface area contributed by atoms with Gasteiger partial charge in [-0.05, 0) is 11.3 Å². The Labute approximate surface area is 111 Å². The Morgan fingerprint density at radius 2 is 2.26 bits per heavy atom.